The van der Waals surface area contributed by atoms with Crippen molar-refractivity contribution < 1.29 is 14.5 Å². The van der Waals surface area contributed by atoms with Crippen molar-refractivity contribution >= 4 is 55.0 Å². The predicted molar refractivity (Wildman–Crippen MR) is 231 cm³/mol. The van der Waals surface area contributed by atoms with Crippen LogP contribution >= 0.6 is 27.3 Å². The minimum Gasteiger partial charge on any atom is -0.506 e. The number of para-hydroxylation sites is 1. The van der Waals surface area contributed by atoms with Gasteiger partial charge >= 0.3 is 0 Å². The number of aliphatic hydroxyl groups is 1. The number of ketones is 1. The molecule has 1 aliphatic heterocycles. The number of aliphatic hydroxyl groups excluding tert-OH is 1. The SMILES string of the molecule is CCCCCCCCCCCCN1C(=CC2=C(O)C(=Cc3sc4ccc(Br)cc4[n+]3CCCCCCCCCCCC)C2=O)C(C)(C)c2ccccc21. The van der Waals surface area contributed by atoms with Crippen LogP contribution in [0.15, 0.2) is 75.6 Å². The van der Waals surface area contributed by atoms with Crippen molar-refractivity contribution in [2.75, 3.05) is 11.4 Å². The highest BCUT2D eigenvalue weighted by atomic mass is 79.9. The summed E-state index contributed by atoms with van der Waals surface area (Å²) in [6, 6.07) is 15.1. The van der Waals surface area contributed by atoms with Crippen molar-refractivity contribution in [1.29, 1.82) is 0 Å². The van der Waals surface area contributed by atoms with Crippen LogP contribution in [0.25, 0.3) is 16.3 Å². The van der Waals surface area contributed by atoms with Gasteiger partial charge in [0.05, 0.1) is 11.1 Å². The zero-order chi connectivity index (χ0) is 37.6. The number of anilines is 1. The van der Waals surface area contributed by atoms with Crippen molar-refractivity contribution in [3.63, 3.8) is 0 Å². The number of fused-ring (bicyclic) bond motifs is 2. The molecule has 4 nitrogen and oxygen atoms in total. The minimum atomic E-state index is -0.265. The largest absolute Gasteiger partial charge is 0.506 e. The summed E-state index contributed by atoms with van der Waals surface area (Å²) in [5, 5.41) is 12.5. The van der Waals surface area contributed by atoms with Crippen molar-refractivity contribution in [3.05, 3.63) is 86.2 Å². The molecule has 53 heavy (non-hydrogen) atoms. The van der Waals surface area contributed by atoms with Gasteiger partial charge in [-0.05, 0) is 42.7 Å². The van der Waals surface area contributed by atoms with E-state index in [2.05, 4.69) is 95.6 Å². The standard InChI is InChI=1S/C47H65BrN2O2S/c1-5-7-9-11-13-15-17-19-21-25-31-49-40-28-24-23-27-39(40)47(3,4)43(49)34-37-45(51)38(46(37)52)35-44-50(41-33-36(48)29-30-42(41)53-44)32-26-22-20-18-16-14-12-10-8-6-2/h23-24,27-30,33-35H,5-22,25-26,31-32H2,1-4H3/p+1. The van der Waals surface area contributed by atoms with Gasteiger partial charge in [0.25, 0.3) is 5.01 Å². The Bertz CT molecular complexity index is 1750. The summed E-state index contributed by atoms with van der Waals surface area (Å²) in [6.07, 6.45) is 30.0. The predicted octanol–water partition coefficient (Wildman–Crippen LogP) is 14.3. The van der Waals surface area contributed by atoms with Crippen LogP contribution in [0.2, 0.25) is 0 Å². The van der Waals surface area contributed by atoms with Gasteiger partial charge in [0.1, 0.15) is 10.5 Å². The van der Waals surface area contributed by atoms with Crippen LogP contribution in [-0.4, -0.2) is 17.4 Å². The van der Waals surface area contributed by atoms with Gasteiger partial charge in [-0.25, -0.2) is 0 Å². The lowest BCUT2D eigenvalue weighted by atomic mass is 9.80. The van der Waals surface area contributed by atoms with Gasteiger partial charge in [0.2, 0.25) is 11.3 Å². The number of halogens is 1. The molecule has 2 aliphatic rings. The molecular weight excluding hydrogens is 736 g/mol. The molecule has 1 aromatic heterocycles. The summed E-state index contributed by atoms with van der Waals surface area (Å²) in [4.78, 5) is 16.3. The van der Waals surface area contributed by atoms with Crippen LogP contribution in [0, 0.1) is 0 Å². The van der Waals surface area contributed by atoms with Gasteiger partial charge in [-0.2, -0.15) is 4.57 Å². The molecule has 2 aromatic carbocycles. The lowest BCUT2D eigenvalue weighted by molar-refractivity contribution is -0.669. The van der Waals surface area contributed by atoms with E-state index in [1.807, 2.05) is 12.2 Å². The topological polar surface area (TPSA) is 44.4 Å². The number of unbranched alkanes of at least 4 members (excludes halogenated alkanes) is 18. The van der Waals surface area contributed by atoms with E-state index in [1.54, 1.807) is 11.3 Å². The molecule has 0 fully saturated rings. The molecule has 3 aromatic rings. The fourth-order valence-corrected chi connectivity index (χ4v) is 9.70. The quantitative estimate of drug-likeness (QED) is 0.0557. The Morgan fingerprint density at radius 1 is 0.755 bits per heavy atom. The van der Waals surface area contributed by atoms with E-state index in [1.165, 1.54) is 137 Å². The lowest BCUT2D eigenvalue weighted by Gasteiger charge is -2.29. The van der Waals surface area contributed by atoms with Crippen molar-refractivity contribution in [3.8, 4) is 0 Å². The molecule has 0 atom stereocenters. The number of thiazole rings is 1. The van der Waals surface area contributed by atoms with E-state index < -0.39 is 0 Å². The monoisotopic (exact) mass is 801 g/mol. The zero-order valence-electron chi connectivity index (χ0n) is 33.3. The second kappa shape index (κ2) is 20.8. The first-order chi connectivity index (χ1) is 25.8. The fraction of sp³-hybridized carbons (Fsp3) is 0.574. The number of carbonyl (C=O) groups is 1. The molecule has 0 bridgehead atoms. The lowest BCUT2D eigenvalue weighted by Crippen LogP contribution is -2.35. The van der Waals surface area contributed by atoms with Gasteiger partial charge < -0.3 is 10.0 Å². The summed E-state index contributed by atoms with van der Waals surface area (Å²) in [5.74, 6) is 0.0574. The summed E-state index contributed by atoms with van der Waals surface area (Å²) in [5.41, 5.74) is 5.39. The van der Waals surface area contributed by atoms with E-state index in [9.17, 15) is 9.90 Å². The number of nitrogens with zero attached hydrogens (tertiary/aromatic N) is 2. The molecular formula is C47H66BrN2O2S+. The number of carbonyl (C=O) groups excluding carboxylic acids is 1. The average Bonchev–Trinajstić information content (AvgIpc) is 3.60. The normalized spacial score (nSPS) is 16.8. The van der Waals surface area contributed by atoms with E-state index in [0.717, 1.165) is 41.1 Å². The Labute approximate surface area is 333 Å². The van der Waals surface area contributed by atoms with Crippen LogP contribution < -0.4 is 9.47 Å². The van der Waals surface area contributed by atoms with Crippen molar-refractivity contribution in [2.45, 2.75) is 168 Å². The molecule has 0 spiro atoms. The molecule has 6 heteroatoms. The Hall–Kier alpha value is -2.70. The maximum Gasteiger partial charge on any atom is 0.263 e. The van der Waals surface area contributed by atoms with Crippen LogP contribution in [0.4, 0.5) is 5.69 Å². The Morgan fingerprint density at radius 2 is 1.32 bits per heavy atom. The van der Waals surface area contributed by atoms with Crippen LogP contribution in [-0.2, 0) is 16.8 Å². The molecule has 1 aliphatic carbocycles. The number of rotatable bonds is 24. The van der Waals surface area contributed by atoms with Crippen molar-refractivity contribution in [2.24, 2.45) is 0 Å². The number of aromatic nitrogens is 1. The number of hydrogen-bond acceptors (Lipinski definition) is 4. The number of hydrogen-bond donors (Lipinski definition) is 1. The van der Waals surface area contributed by atoms with Crippen molar-refractivity contribution in [1.82, 2.24) is 0 Å². The smallest absolute Gasteiger partial charge is 0.263 e. The third-order valence-electron chi connectivity index (χ3n) is 11.5. The first-order valence-electron chi connectivity index (χ1n) is 21.2. The number of aryl methyl sites for hydroxylation is 1. The molecule has 2 heterocycles. The summed E-state index contributed by atoms with van der Waals surface area (Å²) < 4.78 is 4.60. The maximum absolute atomic E-state index is 13.9. The molecule has 0 radical (unpaired) electrons. The van der Waals surface area contributed by atoms with Gasteiger partial charge in [0.15, 0.2) is 6.54 Å². The van der Waals surface area contributed by atoms with E-state index >= 15 is 0 Å². The van der Waals surface area contributed by atoms with E-state index in [-0.39, 0.29) is 17.0 Å². The summed E-state index contributed by atoms with van der Waals surface area (Å²) >= 11 is 5.38. The highest BCUT2D eigenvalue weighted by Crippen LogP contribution is 2.49. The molecule has 0 saturated carbocycles. The summed E-state index contributed by atoms with van der Waals surface area (Å²) in [7, 11) is 0. The van der Waals surface area contributed by atoms with Crippen LogP contribution in [0.1, 0.15) is 167 Å². The highest BCUT2D eigenvalue weighted by molar-refractivity contribution is 9.10. The fourth-order valence-electron chi connectivity index (χ4n) is 8.24. The third kappa shape index (κ3) is 10.7. The molecule has 0 unspecified atom stereocenters. The Morgan fingerprint density at radius 3 is 1.92 bits per heavy atom. The highest BCUT2D eigenvalue weighted by Gasteiger charge is 2.42. The third-order valence-corrected chi connectivity index (χ3v) is 13.1. The van der Waals surface area contributed by atoms with E-state index in [4.69, 9.17) is 0 Å². The van der Waals surface area contributed by atoms with Gasteiger partial charge in [-0.1, -0.05) is 182 Å². The maximum atomic E-state index is 13.9. The molecule has 0 saturated heterocycles. The second-order valence-electron chi connectivity index (χ2n) is 16.0. The van der Waals surface area contributed by atoms with E-state index in [0.29, 0.717) is 11.1 Å². The second-order valence-corrected chi connectivity index (χ2v) is 18.0. The first kappa shape index (κ1) is 41.5. The van der Waals surface area contributed by atoms with Gasteiger partial charge in [-0.15, -0.1) is 0 Å². The Kier molecular flexibility index (Phi) is 16.3. The van der Waals surface area contributed by atoms with Gasteiger partial charge in [0, 0.05) is 46.4 Å². The van der Waals surface area contributed by atoms with Crippen LogP contribution in [0.3, 0.4) is 0 Å². The zero-order valence-corrected chi connectivity index (χ0v) is 35.7. The molecule has 0 amide bonds. The molecule has 1 N–H and O–H groups in total. The molecule has 5 rings (SSSR count). The Balaban J connectivity index is 1.27. The summed E-state index contributed by atoms with van der Waals surface area (Å²) in [6.45, 7) is 10.9. The molecule has 288 valence electrons. The number of Topliss-reactive ketones (excluding diaryl/α,β-unsaturated/α-hetero) is 1. The first-order valence-corrected chi connectivity index (χ1v) is 22.8. The number of benzene rings is 2. The van der Waals surface area contributed by atoms with Crippen LogP contribution in [0.5, 0.6) is 0 Å². The van der Waals surface area contributed by atoms with Gasteiger partial charge in [-0.3, -0.25) is 4.79 Å². The minimum absolute atomic E-state index is 0.0650. The number of allylic oxidation sites excluding steroid dienone is 4. The average molecular weight is 803 g/mol.